The molecule has 5 nitrogen and oxygen atoms in total. The highest BCUT2D eigenvalue weighted by Crippen LogP contribution is 2.15. The van der Waals surface area contributed by atoms with Crippen LogP contribution in [-0.2, 0) is 4.79 Å². The van der Waals surface area contributed by atoms with Crippen LogP contribution in [0.2, 0.25) is 5.15 Å². The summed E-state index contributed by atoms with van der Waals surface area (Å²) in [6, 6.07) is 0.967. The Labute approximate surface area is 102 Å². The summed E-state index contributed by atoms with van der Waals surface area (Å²) < 4.78 is 12.9. The molecule has 0 saturated heterocycles. The predicted molar refractivity (Wildman–Crippen MR) is 58.4 cm³/mol. The Morgan fingerprint density at radius 2 is 2.24 bits per heavy atom. The van der Waals surface area contributed by atoms with E-state index in [1.807, 2.05) is 0 Å². The highest BCUT2D eigenvalue weighted by molar-refractivity contribution is 6.32. The fourth-order valence-electron chi connectivity index (χ4n) is 1.14. The van der Waals surface area contributed by atoms with Crippen LogP contribution in [0, 0.1) is 5.82 Å². The summed E-state index contributed by atoms with van der Waals surface area (Å²) in [7, 11) is 1.41. The molecule has 0 spiro atoms. The van der Waals surface area contributed by atoms with Crippen LogP contribution in [0.25, 0.3) is 0 Å². The van der Waals surface area contributed by atoms with Crippen LogP contribution >= 0.6 is 11.6 Å². The standard InChI is InChI=1S/C10H10ClFN2O3/c1-14(3-2-8(15)16)10(17)7-4-6(12)5-13-9(7)11/h4-5H,2-3H2,1H3,(H,15,16). The minimum absolute atomic E-state index is 0.0149. The van der Waals surface area contributed by atoms with Crippen molar-refractivity contribution in [1.29, 1.82) is 0 Å². The lowest BCUT2D eigenvalue weighted by molar-refractivity contribution is -0.137. The highest BCUT2D eigenvalue weighted by Gasteiger charge is 2.17. The fraction of sp³-hybridized carbons (Fsp3) is 0.300. The lowest BCUT2D eigenvalue weighted by Crippen LogP contribution is -2.29. The van der Waals surface area contributed by atoms with Crippen LogP contribution in [0.3, 0.4) is 0 Å². The number of carboxylic acids is 1. The van der Waals surface area contributed by atoms with Gasteiger partial charge in [-0.2, -0.15) is 0 Å². The van der Waals surface area contributed by atoms with Gasteiger partial charge in [0.1, 0.15) is 11.0 Å². The van der Waals surface area contributed by atoms with Crippen molar-refractivity contribution < 1.29 is 19.1 Å². The van der Waals surface area contributed by atoms with Crippen molar-refractivity contribution in [3.8, 4) is 0 Å². The number of amides is 1. The average molecular weight is 261 g/mol. The topological polar surface area (TPSA) is 70.5 Å². The van der Waals surface area contributed by atoms with Gasteiger partial charge in [0.25, 0.3) is 5.91 Å². The first kappa shape index (κ1) is 13.4. The molecule has 0 radical (unpaired) electrons. The van der Waals surface area contributed by atoms with Gasteiger partial charge in [0.15, 0.2) is 0 Å². The second-order valence-corrected chi connectivity index (χ2v) is 3.72. The van der Waals surface area contributed by atoms with Crippen LogP contribution in [0.1, 0.15) is 16.8 Å². The molecule has 0 bridgehead atoms. The molecule has 1 aromatic heterocycles. The molecule has 0 fully saturated rings. The Hall–Kier alpha value is -1.69. The minimum Gasteiger partial charge on any atom is -0.481 e. The highest BCUT2D eigenvalue weighted by atomic mass is 35.5. The Morgan fingerprint density at radius 3 is 2.82 bits per heavy atom. The molecule has 1 rings (SSSR count). The van der Waals surface area contributed by atoms with Crippen LogP contribution in [0.5, 0.6) is 0 Å². The normalized spacial score (nSPS) is 10.1. The van der Waals surface area contributed by atoms with Gasteiger partial charge in [-0.05, 0) is 6.07 Å². The molecule has 0 aliphatic rings. The van der Waals surface area contributed by atoms with Crippen molar-refractivity contribution in [2.75, 3.05) is 13.6 Å². The van der Waals surface area contributed by atoms with E-state index in [1.165, 1.54) is 7.05 Å². The molecule has 7 heteroatoms. The van der Waals surface area contributed by atoms with Crippen molar-refractivity contribution in [3.05, 3.63) is 28.8 Å². The summed E-state index contributed by atoms with van der Waals surface area (Å²) in [6.07, 6.45) is 0.707. The van der Waals surface area contributed by atoms with Gasteiger partial charge in [0.2, 0.25) is 0 Å². The van der Waals surface area contributed by atoms with Gasteiger partial charge in [0.05, 0.1) is 18.2 Å². The molecule has 1 aromatic rings. The zero-order chi connectivity index (χ0) is 13.0. The van der Waals surface area contributed by atoms with E-state index < -0.39 is 17.7 Å². The van der Waals surface area contributed by atoms with Crippen LogP contribution in [0.4, 0.5) is 4.39 Å². The smallest absolute Gasteiger partial charge is 0.305 e. The first-order valence-corrected chi connectivity index (χ1v) is 5.08. The van der Waals surface area contributed by atoms with E-state index in [0.717, 1.165) is 17.2 Å². The van der Waals surface area contributed by atoms with E-state index in [-0.39, 0.29) is 23.7 Å². The maximum Gasteiger partial charge on any atom is 0.305 e. The number of carboxylic acid groups (broad SMARTS) is 1. The first-order valence-electron chi connectivity index (χ1n) is 4.70. The number of pyridine rings is 1. The van der Waals surface area contributed by atoms with Crippen molar-refractivity contribution in [3.63, 3.8) is 0 Å². The Morgan fingerprint density at radius 1 is 1.59 bits per heavy atom. The number of carbonyl (C=O) groups is 2. The maximum atomic E-state index is 12.9. The van der Waals surface area contributed by atoms with Gasteiger partial charge in [-0.25, -0.2) is 9.37 Å². The first-order chi connectivity index (χ1) is 7.91. The van der Waals surface area contributed by atoms with Crippen molar-refractivity contribution in [2.45, 2.75) is 6.42 Å². The SMILES string of the molecule is CN(CCC(=O)O)C(=O)c1cc(F)cnc1Cl. The average Bonchev–Trinajstić information content (AvgIpc) is 2.28. The van der Waals surface area contributed by atoms with E-state index in [0.29, 0.717) is 0 Å². The third-order valence-corrected chi connectivity index (χ3v) is 2.35. The third-order valence-electron chi connectivity index (χ3n) is 2.04. The molecule has 1 heterocycles. The largest absolute Gasteiger partial charge is 0.481 e. The van der Waals surface area contributed by atoms with E-state index in [9.17, 15) is 14.0 Å². The molecule has 92 valence electrons. The second-order valence-electron chi connectivity index (χ2n) is 3.36. The molecule has 1 N–H and O–H groups in total. The summed E-state index contributed by atoms with van der Waals surface area (Å²) >= 11 is 5.66. The molecular weight excluding hydrogens is 251 g/mol. The summed E-state index contributed by atoms with van der Waals surface area (Å²) in [6.45, 7) is 0.0149. The van der Waals surface area contributed by atoms with E-state index in [4.69, 9.17) is 16.7 Å². The fourth-order valence-corrected chi connectivity index (χ4v) is 1.33. The van der Waals surface area contributed by atoms with Gasteiger partial charge in [-0.3, -0.25) is 9.59 Å². The minimum atomic E-state index is -1.02. The van der Waals surface area contributed by atoms with Crippen molar-refractivity contribution in [1.82, 2.24) is 9.88 Å². The summed E-state index contributed by atoms with van der Waals surface area (Å²) in [5.74, 6) is -2.26. The predicted octanol–water partition coefficient (Wildman–Crippen LogP) is 1.42. The van der Waals surface area contributed by atoms with Gasteiger partial charge < -0.3 is 10.0 Å². The van der Waals surface area contributed by atoms with Gasteiger partial charge in [0, 0.05) is 13.6 Å². The number of halogens is 2. The van der Waals surface area contributed by atoms with Gasteiger partial charge in [-0.1, -0.05) is 11.6 Å². The van der Waals surface area contributed by atoms with Crippen LogP contribution in [-0.4, -0.2) is 40.5 Å². The number of hydrogen-bond donors (Lipinski definition) is 1. The van der Waals surface area contributed by atoms with E-state index >= 15 is 0 Å². The maximum absolute atomic E-state index is 12.9. The Kier molecular flexibility index (Phi) is 4.39. The monoisotopic (exact) mass is 260 g/mol. The van der Waals surface area contributed by atoms with E-state index in [2.05, 4.69) is 4.98 Å². The quantitative estimate of drug-likeness (QED) is 0.831. The molecule has 0 aliphatic heterocycles. The number of aliphatic carboxylic acids is 1. The molecular formula is C10H10ClFN2O3. The van der Waals surface area contributed by atoms with Crippen LogP contribution < -0.4 is 0 Å². The van der Waals surface area contributed by atoms with Crippen molar-refractivity contribution in [2.24, 2.45) is 0 Å². The molecule has 0 aliphatic carbocycles. The van der Waals surface area contributed by atoms with Gasteiger partial charge in [-0.15, -0.1) is 0 Å². The molecule has 0 atom stereocenters. The van der Waals surface area contributed by atoms with Crippen LogP contribution in [0.15, 0.2) is 12.3 Å². The molecule has 0 aromatic carbocycles. The molecule has 17 heavy (non-hydrogen) atoms. The number of aromatic nitrogens is 1. The molecule has 1 amide bonds. The Balaban J connectivity index is 2.81. The lowest BCUT2D eigenvalue weighted by atomic mass is 10.2. The summed E-state index contributed by atoms with van der Waals surface area (Å²) in [5.41, 5.74) is -0.0837. The number of hydrogen-bond acceptors (Lipinski definition) is 3. The second kappa shape index (κ2) is 5.58. The Bertz CT molecular complexity index is 453. The molecule has 0 unspecified atom stereocenters. The number of rotatable bonds is 4. The summed E-state index contributed by atoms with van der Waals surface area (Å²) in [5, 5.41) is 8.36. The zero-order valence-electron chi connectivity index (χ0n) is 8.98. The number of nitrogens with zero attached hydrogens (tertiary/aromatic N) is 2. The summed E-state index contributed by atoms with van der Waals surface area (Å²) in [4.78, 5) is 26.8. The van der Waals surface area contributed by atoms with E-state index in [1.54, 1.807) is 0 Å². The van der Waals surface area contributed by atoms with Gasteiger partial charge >= 0.3 is 5.97 Å². The lowest BCUT2D eigenvalue weighted by Gasteiger charge is -2.16. The molecule has 0 saturated carbocycles. The number of carbonyl (C=O) groups excluding carboxylic acids is 1. The van der Waals surface area contributed by atoms with Crippen molar-refractivity contribution >= 4 is 23.5 Å². The zero-order valence-corrected chi connectivity index (χ0v) is 9.74. The third kappa shape index (κ3) is 3.67.